The molecule has 7 heteroatoms. The van der Waals surface area contributed by atoms with Crippen molar-refractivity contribution in [3.05, 3.63) is 40.0 Å². The molecule has 5 nitrogen and oxygen atoms in total. The highest BCUT2D eigenvalue weighted by Crippen LogP contribution is 2.24. The van der Waals surface area contributed by atoms with Crippen molar-refractivity contribution in [2.75, 3.05) is 6.54 Å². The molecule has 0 aromatic carbocycles. The van der Waals surface area contributed by atoms with Crippen LogP contribution in [0.1, 0.15) is 22.7 Å². The first-order chi connectivity index (χ1) is 9.09. The fourth-order valence-electron chi connectivity index (χ4n) is 1.61. The second-order valence-electron chi connectivity index (χ2n) is 4.00. The number of furan rings is 1. The van der Waals surface area contributed by atoms with Crippen molar-refractivity contribution in [1.82, 2.24) is 15.1 Å². The fraction of sp³-hybridized carbons (Fsp3) is 0.333. The summed E-state index contributed by atoms with van der Waals surface area (Å²) in [6, 6.07) is 3.28. The SMILES string of the molecule is Cc1nn(CCCNC(=O)c2ccco2)c(Cl)c1Cl. The molecule has 1 amide bonds. The van der Waals surface area contributed by atoms with Crippen molar-refractivity contribution in [2.45, 2.75) is 19.9 Å². The summed E-state index contributed by atoms with van der Waals surface area (Å²) < 4.78 is 6.60. The van der Waals surface area contributed by atoms with Gasteiger partial charge in [-0.3, -0.25) is 9.48 Å². The maximum atomic E-state index is 11.6. The number of nitrogens with one attached hydrogen (secondary N) is 1. The smallest absolute Gasteiger partial charge is 0.286 e. The number of aromatic nitrogens is 2. The maximum Gasteiger partial charge on any atom is 0.286 e. The Kier molecular flexibility index (Phi) is 4.50. The molecule has 19 heavy (non-hydrogen) atoms. The lowest BCUT2D eigenvalue weighted by Gasteiger charge is -2.04. The van der Waals surface area contributed by atoms with Crippen LogP contribution in [0, 0.1) is 6.92 Å². The van der Waals surface area contributed by atoms with Crippen molar-refractivity contribution in [2.24, 2.45) is 0 Å². The molecule has 0 aliphatic rings. The summed E-state index contributed by atoms with van der Waals surface area (Å²) in [5.41, 5.74) is 0.700. The van der Waals surface area contributed by atoms with Gasteiger partial charge in [-0.25, -0.2) is 0 Å². The molecular weight excluding hydrogens is 289 g/mol. The summed E-state index contributed by atoms with van der Waals surface area (Å²) in [4.78, 5) is 11.6. The topological polar surface area (TPSA) is 60.1 Å². The van der Waals surface area contributed by atoms with E-state index >= 15 is 0 Å². The molecule has 0 unspecified atom stereocenters. The van der Waals surface area contributed by atoms with Crippen LogP contribution in [0.2, 0.25) is 10.2 Å². The van der Waals surface area contributed by atoms with E-state index in [9.17, 15) is 4.79 Å². The van der Waals surface area contributed by atoms with E-state index in [-0.39, 0.29) is 5.91 Å². The number of carbonyl (C=O) groups is 1. The predicted octanol–water partition coefficient (Wildman–Crippen LogP) is 2.91. The number of amides is 1. The van der Waals surface area contributed by atoms with Crippen LogP contribution in [0.3, 0.4) is 0 Å². The monoisotopic (exact) mass is 301 g/mol. The van der Waals surface area contributed by atoms with Gasteiger partial charge >= 0.3 is 0 Å². The van der Waals surface area contributed by atoms with Gasteiger partial charge in [0.2, 0.25) is 0 Å². The third kappa shape index (κ3) is 3.30. The van der Waals surface area contributed by atoms with Crippen LogP contribution in [0.15, 0.2) is 22.8 Å². The molecule has 0 atom stereocenters. The maximum absolute atomic E-state index is 11.6. The van der Waals surface area contributed by atoms with E-state index in [1.54, 1.807) is 23.7 Å². The lowest BCUT2D eigenvalue weighted by atomic mass is 10.4. The molecular formula is C12H13Cl2N3O2. The second kappa shape index (κ2) is 6.12. The van der Waals surface area contributed by atoms with Crippen molar-refractivity contribution < 1.29 is 9.21 Å². The third-order valence-electron chi connectivity index (χ3n) is 2.57. The largest absolute Gasteiger partial charge is 0.459 e. The summed E-state index contributed by atoms with van der Waals surface area (Å²) in [6.45, 7) is 2.89. The van der Waals surface area contributed by atoms with Gasteiger partial charge in [-0.1, -0.05) is 23.2 Å². The zero-order chi connectivity index (χ0) is 13.8. The third-order valence-corrected chi connectivity index (χ3v) is 3.51. The van der Waals surface area contributed by atoms with Crippen LogP contribution < -0.4 is 5.32 Å². The Morgan fingerprint density at radius 2 is 2.32 bits per heavy atom. The van der Waals surface area contributed by atoms with Crippen LogP contribution >= 0.6 is 23.2 Å². The van der Waals surface area contributed by atoms with Crippen LogP contribution in [-0.2, 0) is 6.54 Å². The Morgan fingerprint density at radius 1 is 1.53 bits per heavy atom. The van der Waals surface area contributed by atoms with Crippen LogP contribution in [0.4, 0.5) is 0 Å². The van der Waals surface area contributed by atoms with E-state index in [0.717, 1.165) is 0 Å². The summed E-state index contributed by atoms with van der Waals surface area (Å²) in [7, 11) is 0. The number of aryl methyl sites for hydroxylation is 2. The number of rotatable bonds is 5. The van der Waals surface area contributed by atoms with Gasteiger partial charge in [-0.15, -0.1) is 0 Å². The highest BCUT2D eigenvalue weighted by atomic mass is 35.5. The molecule has 0 saturated carbocycles. The molecule has 0 aliphatic carbocycles. The molecule has 0 spiro atoms. The van der Waals surface area contributed by atoms with Gasteiger partial charge in [-0.05, 0) is 25.5 Å². The van der Waals surface area contributed by atoms with Gasteiger partial charge in [0.05, 0.1) is 12.0 Å². The summed E-state index contributed by atoms with van der Waals surface area (Å²) in [5.74, 6) is 0.0711. The minimum absolute atomic E-state index is 0.231. The molecule has 2 aromatic heterocycles. The molecule has 0 saturated heterocycles. The average molecular weight is 302 g/mol. The predicted molar refractivity (Wildman–Crippen MR) is 72.6 cm³/mol. The van der Waals surface area contributed by atoms with E-state index in [1.165, 1.54) is 6.26 Å². The number of halogens is 2. The molecule has 1 N–H and O–H groups in total. The quantitative estimate of drug-likeness (QED) is 0.864. The van der Waals surface area contributed by atoms with Gasteiger partial charge in [0.25, 0.3) is 5.91 Å². The number of hydrogen-bond acceptors (Lipinski definition) is 3. The second-order valence-corrected chi connectivity index (χ2v) is 4.74. The number of hydrogen-bond donors (Lipinski definition) is 1. The molecule has 2 rings (SSSR count). The lowest BCUT2D eigenvalue weighted by Crippen LogP contribution is -2.24. The Morgan fingerprint density at radius 3 is 2.89 bits per heavy atom. The van der Waals surface area contributed by atoms with E-state index in [4.69, 9.17) is 27.6 Å². The molecule has 0 radical (unpaired) electrons. The number of carbonyl (C=O) groups excluding carboxylic acids is 1. The normalized spacial score (nSPS) is 10.7. The summed E-state index contributed by atoms with van der Waals surface area (Å²) in [6.07, 6.45) is 2.16. The van der Waals surface area contributed by atoms with E-state index < -0.39 is 0 Å². The highest BCUT2D eigenvalue weighted by Gasteiger charge is 2.11. The minimum atomic E-state index is -0.231. The van der Waals surface area contributed by atoms with Crippen molar-refractivity contribution in [1.29, 1.82) is 0 Å². The van der Waals surface area contributed by atoms with Gasteiger partial charge < -0.3 is 9.73 Å². The fourth-order valence-corrected chi connectivity index (χ4v) is 2.00. The van der Waals surface area contributed by atoms with Crippen molar-refractivity contribution in [3.8, 4) is 0 Å². The average Bonchev–Trinajstić information content (AvgIpc) is 3.00. The molecule has 2 aromatic rings. The minimum Gasteiger partial charge on any atom is -0.459 e. The van der Waals surface area contributed by atoms with Crippen molar-refractivity contribution >= 4 is 29.1 Å². The summed E-state index contributed by atoms with van der Waals surface area (Å²) in [5, 5.41) is 7.84. The van der Waals surface area contributed by atoms with Crippen LogP contribution in [0.25, 0.3) is 0 Å². The molecule has 0 fully saturated rings. The number of nitrogens with zero attached hydrogens (tertiary/aromatic N) is 2. The van der Waals surface area contributed by atoms with Gasteiger partial charge in [0.1, 0.15) is 10.2 Å². The van der Waals surface area contributed by atoms with Gasteiger partial charge in [0.15, 0.2) is 5.76 Å². The van der Waals surface area contributed by atoms with Crippen LogP contribution in [-0.4, -0.2) is 22.2 Å². The Labute approximate surface area is 120 Å². The van der Waals surface area contributed by atoms with Crippen molar-refractivity contribution in [3.63, 3.8) is 0 Å². The van der Waals surface area contributed by atoms with E-state index in [0.29, 0.717) is 41.1 Å². The Bertz CT molecular complexity index is 564. The van der Waals surface area contributed by atoms with Gasteiger partial charge in [0, 0.05) is 13.1 Å². The molecule has 2 heterocycles. The first-order valence-electron chi connectivity index (χ1n) is 5.79. The van der Waals surface area contributed by atoms with E-state index in [2.05, 4.69) is 10.4 Å². The molecule has 0 aliphatic heterocycles. The standard InChI is InChI=1S/C12H13Cl2N3O2/c1-8-10(13)11(14)17(16-8)6-3-5-15-12(18)9-4-2-7-19-9/h2,4,7H,3,5-6H2,1H3,(H,15,18). The first kappa shape index (κ1) is 14.0. The first-order valence-corrected chi connectivity index (χ1v) is 6.55. The summed E-state index contributed by atoms with van der Waals surface area (Å²) >= 11 is 11.9. The zero-order valence-corrected chi connectivity index (χ0v) is 11.8. The highest BCUT2D eigenvalue weighted by molar-refractivity contribution is 6.41. The van der Waals surface area contributed by atoms with Crippen LogP contribution in [0.5, 0.6) is 0 Å². The Hall–Kier alpha value is -1.46. The van der Waals surface area contributed by atoms with E-state index in [1.807, 2.05) is 0 Å². The van der Waals surface area contributed by atoms with Gasteiger partial charge in [-0.2, -0.15) is 5.10 Å². The Balaban J connectivity index is 1.78. The lowest BCUT2D eigenvalue weighted by molar-refractivity contribution is 0.0925. The molecule has 0 bridgehead atoms. The zero-order valence-electron chi connectivity index (χ0n) is 10.3. The molecule has 102 valence electrons.